The molecule has 0 radical (unpaired) electrons. The number of aliphatic hydroxyl groups excluding tert-OH is 1. The van der Waals surface area contributed by atoms with E-state index in [2.05, 4.69) is 0 Å². The van der Waals surface area contributed by atoms with Crippen molar-refractivity contribution in [3.8, 4) is 0 Å². The van der Waals surface area contributed by atoms with E-state index >= 15 is 0 Å². The molecule has 1 aromatic rings. The second-order valence-corrected chi connectivity index (χ2v) is 4.69. The largest absolute Gasteiger partial charge is 0.393 e. The Morgan fingerprint density at radius 1 is 1.39 bits per heavy atom. The van der Waals surface area contributed by atoms with Crippen molar-refractivity contribution >= 4 is 5.91 Å². The Labute approximate surface area is 108 Å². The Bertz CT molecular complexity index is 365. The summed E-state index contributed by atoms with van der Waals surface area (Å²) in [6.07, 6.45) is 0.713. The van der Waals surface area contributed by atoms with E-state index in [1.165, 1.54) is 0 Å². The maximum absolute atomic E-state index is 12.0. The van der Waals surface area contributed by atoms with Crippen molar-refractivity contribution in [2.45, 2.75) is 31.9 Å². The summed E-state index contributed by atoms with van der Waals surface area (Å²) in [7, 11) is 1.72. The molecule has 1 rings (SSSR count). The summed E-state index contributed by atoms with van der Waals surface area (Å²) in [6.45, 7) is 2.24. The Morgan fingerprint density at radius 3 is 2.56 bits per heavy atom. The average molecular weight is 250 g/mol. The van der Waals surface area contributed by atoms with Crippen molar-refractivity contribution in [2.24, 2.45) is 5.73 Å². The minimum atomic E-state index is -0.522. The molecular weight excluding hydrogens is 228 g/mol. The second-order valence-electron chi connectivity index (χ2n) is 4.69. The number of rotatable bonds is 6. The van der Waals surface area contributed by atoms with Crippen molar-refractivity contribution in [3.63, 3.8) is 0 Å². The van der Waals surface area contributed by atoms with E-state index in [9.17, 15) is 9.90 Å². The van der Waals surface area contributed by atoms with Gasteiger partial charge >= 0.3 is 0 Å². The van der Waals surface area contributed by atoms with Gasteiger partial charge in [-0.3, -0.25) is 4.79 Å². The lowest BCUT2D eigenvalue weighted by molar-refractivity contribution is -0.131. The third-order valence-electron chi connectivity index (χ3n) is 2.87. The third kappa shape index (κ3) is 4.85. The maximum Gasteiger partial charge on any atom is 0.239 e. The average Bonchev–Trinajstić information content (AvgIpc) is 2.36. The van der Waals surface area contributed by atoms with Gasteiger partial charge in [-0.2, -0.15) is 0 Å². The van der Waals surface area contributed by atoms with E-state index in [-0.39, 0.29) is 5.91 Å². The first-order valence-electron chi connectivity index (χ1n) is 6.23. The molecule has 0 heterocycles. The van der Waals surface area contributed by atoms with Crippen LogP contribution in [-0.2, 0) is 11.2 Å². The van der Waals surface area contributed by atoms with Gasteiger partial charge in [0.15, 0.2) is 0 Å². The van der Waals surface area contributed by atoms with E-state index in [0.29, 0.717) is 19.4 Å². The number of carbonyl (C=O) groups excluding carboxylic acids is 1. The third-order valence-corrected chi connectivity index (χ3v) is 2.87. The fourth-order valence-corrected chi connectivity index (χ4v) is 1.73. The first kappa shape index (κ1) is 14.7. The van der Waals surface area contributed by atoms with Crippen molar-refractivity contribution in [3.05, 3.63) is 35.9 Å². The Balaban J connectivity index is 2.46. The number of likely N-dealkylation sites (N-methyl/N-ethyl adjacent to an activating group) is 1. The molecule has 4 nitrogen and oxygen atoms in total. The zero-order valence-electron chi connectivity index (χ0n) is 11.0. The van der Waals surface area contributed by atoms with Crippen LogP contribution < -0.4 is 5.73 Å². The summed E-state index contributed by atoms with van der Waals surface area (Å²) in [5.74, 6) is -0.0838. The predicted octanol–water partition coefficient (Wildman–Crippen LogP) is 0.786. The molecule has 1 aromatic carbocycles. The van der Waals surface area contributed by atoms with Gasteiger partial charge in [-0.25, -0.2) is 0 Å². The van der Waals surface area contributed by atoms with Crippen LogP contribution in [0.25, 0.3) is 0 Å². The molecule has 100 valence electrons. The molecule has 0 aliphatic rings. The fraction of sp³-hybridized carbons (Fsp3) is 0.500. The van der Waals surface area contributed by atoms with Crippen molar-refractivity contribution in [2.75, 3.05) is 13.6 Å². The van der Waals surface area contributed by atoms with Crippen LogP contribution in [0.3, 0.4) is 0 Å². The Morgan fingerprint density at radius 2 is 2.00 bits per heavy atom. The number of aliphatic hydroxyl groups is 1. The van der Waals surface area contributed by atoms with E-state index in [1.807, 2.05) is 30.3 Å². The molecule has 1 unspecified atom stereocenters. The predicted molar refractivity (Wildman–Crippen MR) is 72.1 cm³/mol. The molecule has 3 N–H and O–H groups in total. The zero-order chi connectivity index (χ0) is 13.5. The lowest BCUT2D eigenvalue weighted by Crippen LogP contribution is -2.43. The number of hydrogen-bond donors (Lipinski definition) is 2. The molecule has 0 aliphatic heterocycles. The summed E-state index contributed by atoms with van der Waals surface area (Å²) in [4.78, 5) is 13.6. The molecule has 4 heteroatoms. The summed E-state index contributed by atoms with van der Waals surface area (Å²) in [5.41, 5.74) is 6.96. The molecule has 0 spiro atoms. The van der Waals surface area contributed by atoms with E-state index in [0.717, 1.165) is 5.56 Å². The molecule has 0 saturated heterocycles. The van der Waals surface area contributed by atoms with E-state index < -0.39 is 12.1 Å². The molecular formula is C14H22N2O2. The number of carbonyl (C=O) groups is 1. The van der Waals surface area contributed by atoms with Gasteiger partial charge in [0, 0.05) is 13.6 Å². The minimum Gasteiger partial charge on any atom is -0.393 e. The first-order valence-corrected chi connectivity index (χ1v) is 6.23. The van der Waals surface area contributed by atoms with Gasteiger partial charge in [-0.05, 0) is 25.3 Å². The van der Waals surface area contributed by atoms with Crippen LogP contribution in [0.5, 0.6) is 0 Å². The van der Waals surface area contributed by atoms with Gasteiger partial charge in [-0.15, -0.1) is 0 Å². The number of benzene rings is 1. The monoisotopic (exact) mass is 250 g/mol. The van der Waals surface area contributed by atoms with Crippen molar-refractivity contribution in [1.29, 1.82) is 0 Å². The standard InChI is InChI=1S/C14H22N2O2/c1-11(17)8-9-16(2)14(18)13(15)10-12-6-4-3-5-7-12/h3-7,11,13,17H,8-10,15H2,1-2H3/t11?,13-/m1/s1. The topological polar surface area (TPSA) is 66.6 Å². The zero-order valence-corrected chi connectivity index (χ0v) is 11.0. The van der Waals surface area contributed by atoms with E-state index in [4.69, 9.17) is 5.73 Å². The molecule has 1 amide bonds. The van der Waals surface area contributed by atoms with Gasteiger partial charge < -0.3 is 15.7 Å². The van der Waals surface area contributed by atoms with Crippen LogP contribution in [0.2, 0.25) is 0 Å². The van der Waals surface area contributed by atoms with Crippen LogP contribution in [-0.4, -0.2) is 41.7 Å². The molecule has 0 bridgehead atoms. The highest BCUT2D eigenvalue weighted by Gasteiger charge is 2.18. The molecule has 18 heavy (non-hydrogen) atoms. The quantitative estimate of drug-likeness (QED) is 0.784. The SMILES string of the molecule is CC(O)CCN(C)C(=O)[C@H](N)Cc1ccccc1. The van der Waals surface area contributed by atoms with Gasteiger partial charge in [0.05, 0.1) is 12.1 Å². The van der Waals surface area contributed by atoms with Crippen LogP contribution >= 0.6 is 0 Å². The Hall–Kier alpha value is -1.39. The maximum atomic E-state index is 12.0. The number of hydrogen-bond acceptors (Lipinski definition) is 3. The van der Waals surface area contributed by atoms with Crippen LogP contribution in [0.4, 0.5) is 0 Å². The first-order chi connectivity index (χ1) is 8.50. The minimum absolute atomic E-state index is 0.0838. The fourth-order valence-electron chi connectivity index (χ4n) is 1.73. The van der Waals surface area contributed by atoms with Gasteiger partial charge in [0.2, 0.25) is 5.91 Å². The van der Waals surface area contributed by atoms with Crippen LogP contribution in [0.1, 0.15) is 18.9 Å². The highest BCUT2D eigenvalue weighted by molar-refractivity contribution is 5.81. The van der Waals surface area contributed by atoms with Crippen LogP contribution in [0.15, 0.2) is 30.3 Å². The molecule has 2 atom stereocenters. The molecule has 0 fully saturated rings. The number of amides is 1. The summed E-state index contributed by atoms with van der Waals surface area (Å²) in [6, 6.07) is 9.21. The highest BCUT2D eigenvalue weighted by Crippen LogP contribution is 2.04. The van der Waals surface area contributed by atoms with Gasteiger partial charge in [0.25, 0.3) is 0 Å². The highest BCUT2D eigenvalue weighted by atomic mass is 16.3. The van der Waals surface area contributed by atoms with Crippen molar-refractivity contribution in [1.82, 2.24) is 4.90 Å². The Kier molecular flexibility index (Phi) is 5.82. The second kappa shape index (κ2) is 7.13. The normalized spacial score (nSPS) is 14.0. The van der Waals surface area contributed by atoms with Crippen molar-refractivity contribution < 1.29 is 9.90 Å². The summed E-state index contributed by atoms with van der Waals surface area (Å²) < 4.78 is 0. The van der Waals surface area contributed by atoms with Gasteiger partial charge in [-0.1, -0.05) is 30.3 Å². The summed E-state index contributed by atoms with van der Waals surface area (Å²) >= 11 is 0. The lowest BCUT2D eigenvalue weighted by Gasteiger charge is -2.22. The van der Waals surface area contributed by atoms with Crippen LogP contribution in [0, 0.1) is 0 Å². The van der Waals surface area contributed by atoms with E-state index in [1.54, 1.807) is 18.9 Å². The number of nitrogens with zero attached hydrogens (tertiary/aromatic N) is 1. The lowest BCUT2D eigenvalue weighted by atomic mass is 10.1. The smallest absolute Gasteiger partial charge is 0.239 e. The summed E-state index contributed by atoms with van der Waals surface area (Å²) in [5, 5.41) is 9.19. The number of nitrogens with two attached hydrogens (primary N) is 1. The molecule has 0 aromatic heterocycles. The molecule has 0 aliphatic carbocycles. The molecule has 0 saturated carbocycles. The van der Waals surface area contributed by atoms with Gasteiger partial charge in [0.1, 0.15) is 0 Å².